The van der Waals surface area contributed by atoms with Crippen molar-refractivity contribution in [2.75, 3.05) is 19.8 Å². The molecule has 9 aliphatic rings. The van der Waals surface area contributed by atoms with E-state index in [1.165, 1.54) is 19.9 Å². The number of aliphatic carboxylic acids is 1. The van der Waals surface area contributed by atoms with Gasteiger partial charge in [0.1, 0.15) is 61.0 Å². The highest BCUT2D eigenvalue weighted by molar-refractivity contribution is 5.88. The van der Waals surface area contributed by atoms with Crippen molar-refractivity contribution in [1.29, 1.82) is 0 Å². The van der Waals surface area contributed by atoms with Gasteiger partial charge in [-0.3, -0.25) is 4.79 Å². The number of allylic oxidation sites excluding steroid dienone is 4. The summed E-state index contributed by atoms with van der Waals surface area (Å²) in [6.07, 6.45) is -27.2. The standard InChI is InChI=1S/C65H100O27/c1-14-27(3)53(79)86-45-29(5)82-58(44(76)47(45)87-54(80)28(4)15-2)91-50-51(83-30(6)69)65(26-68)33(22-60(50,7)8)32-16-17-36-62(11)20-19-38(61(9,10)35(62)18-21-63(36,12)64(32,13)23-37(65)70)85-59-49(90-56-31(24-66)39(71)41(73)55(81)92-56)46(43(75)48(89-59)52(77)78)88-57-42(74)40(72)34(25-67)84-57/h14-16,29,31,33-51,55-59,66-68,70-76,81H,17-26H2,1-13H3,(H,77,78)/b27-14+,28-15-/t29-,31-,33?,34+,35?,36?,37-,38+,39+,40+,41+,42-,43+,44+,45-,46+,47-,48+,49-,50+,51+,55+,56+,57+,58?,59-,62+,63-,64-,65+/m1/s1. The van der Waals surface area contributed by atoms with E-state index >= 15 is 0 Å². The number of carboxylic acid groups (broad SMARTS) is 1. The quantitative estimate of drug-likeness (QED) is 0.0317. The molecular weight excluding hydrogens is 1210 g/mol. The summed E-state index contributed by atoms with van der Waals surface area (Å²) in [6.45, 7) is 21.5. The van der Waals surface area contributed by atoms with Crippen molar-refractivity contribution in [3.63, 3.8) is 0 Å². The zero-order chi connectivity index (χ0) is 68.0. The highest BCUT2D eigenvalue weighted by atomic mass is 16.8. The van der Waals surface area contributed by atoms with Gasteiger partial charge in [-0.15, -0.1) is 0 Å². The molecule has 4 unspecified atom stereocenters. The van der Waals surface area contributed by atoms with Gasteiger partial charge < -0.3 is 113 Å². The number of hydrogen-bond acceptors (Lipinski definition) is 26. The molecule has 0 radical (unpaired) electrons. The molecule has 4 saturated carbocycles. The molecule has 12 N–H and O–H groups in total. The first-order valence-electron chi connectivity index (χ1n) is 32.3. The lowest BCUT2D eigenvalue weighted by Crippen LogP contribution is -2.73. The van der Waals surface area contributed by atoms with Crippen LogP contribution in [-0.2, 0) is 71.3 Å². The Morgan fingerprint density at radius 3 is 1.80 bits per heavy atom. The van der Waals surface area contributed by atoms with Crippen molar-refractivity contribution >= 4 is 23.9 Å². The fourth-order valence-corrected chi connectivity index (χ4v) is 18.0. The molecular formula is C65H100O27. The van der Waals surface area contributed by atoms with Crippen molar-refractivity contribution in [1.82, 2.24) is 0 Å². The van der Waals surface area contributed by atoms with Crippen LogP contribution in [0.15, 0.2) is 34.9 Å². The second-order valence-corrected chi connectivity index (χ2v) is 29.4. The van der Waals surface area contributed by atoms with Crippen molar-refractivity contribution in [3.05, 3.63) is 34.9 Å². The fourth-order valence-electron chi connectivity index (χ4n) is 18.0. The smallest absolute Gasteiger partial charge is 0.335 e. The van der Waals surface area contributed by atoms with E-state index in [9.17, 15) is 80.5 Å². The Bertz CT molecular complexity index is 2790. The first-order chi connectivity index (χ1) is 43.0. The molecule has 4 aliphatic heterocycles. The van der Waals surface area contributed by atoms with Crippen LogP contribution in [0, 0.1) is 56.2 Å². The Hall–Kier alpha value is -3.66. The molecule has 0 amide bonds. The molecule has 4 saturated heterocycles. The Labute approximate surface area is 535 Å². The predicted octanol–water partition coefficient (Wildman–Crippen LogP) is 0.920. The maximum Gasteiger partial charge on any atom is 0.335 e. The Kier molecular flexibility index (Phi) is 21.3. The van der Waals surface area contributed by atoms with Crippen LogP contribution < -0.4 is 0 Å². The number of esters is 3. The van der Waals surface area contributed by atoms with Gasteiger partial charge in [0.25, 0.3) is 0 Å². The molecule has 92 heavy (non-hydrogen) atoms. The molecule has 9 rings (SSSR count). The Balaban J connectivity index is 1.01. The number of ether oxygens (including phenoxy) is 11. The van der Waals surface area contributed by atoms with Gasteiger partial charge in [-0.1, -0.05) is 72.3 Å². The first kappa shape index (κ1) is 72.6. The molecule has 0 aromatic carbocycles. The summed E-state index contributed by atoms with van der Waals surface area (Å²) in [5.41, 5.74) is -3.54. The summed E-state index contributed by atoms with van der Waals surface area (Å²) in [7, 11) is 0. The number of fused-ring (bicyclic) bond motifs is 7. The molecule has 0 aromatic rings. The highest BCUT2D eigenvalue weighted by Gasteiger charge is 2.74. The zero-order valence-corrected chi connectivity index (χ0v) is 54.8. The second kappa shape index (κ2) is 27.0. The first-order valence-corrected chi connectivity index (χ1v) is 32.3. The zero-order valence-electron chi connectivity index (χ0n) is 54.8. The number of aliphatic hydroxyl groups excluding tert-OH is 11. The number of rotatable bonds is 17. The molecule has 30 atom stereocenters. The summed E-state index contributed by atoms with van der Waals surface area (Å²) < 4.78 is 67.8. The summed E-state index contributed by atoms with van der Waals surface area (Å²) >= 11 is 0. The lowest BCUT2D eigenvalue weighted by molar-refractivity contribution is -0.395. The van der Waals surface area contributed by atoms with Gasteiger partial charge >= 0.3 is 23.9 Å². The summed E-state index contributed by atoms with van der Waals surface area (Å²) in [5, 5.41) is 134. The van der Waals surface area contributed by atoms with Crippen molar-refractivity contribution in [2.24, 2.45) is 56.2 Å². The maximum atomic E-state index is 13.5. The number of hydrogen-bond donors (Lipinski definition) is 12. The molecule has 0 bridgehead atoms. The Morgan fingerprint density at radius 2 is 1.23 bits per heavy atom. The van der Waals surface area contributed by atoms with Crippen LogP contribution in [0.25, 0.3) is 0 Å². The minimum Gasteiger partial charge on any atom is -0.479 e. The van der Waals surface area contributed by atoms with Gasteiger partial charge in [-0.05, 0) is 124 Å². The van der Waals surface area contributed by atoms with Crippen molar-refractivity contribution < 1.29 is 133 Å². The van der Waals surface area contributed by atoms with Crippen molar-refractivity contribution in [3.8, 4) is 0 Å². The predicted molar refractivity (Wildman–Crippen MR) is 316 cm³/mol. The van der Waals surface area contributed by atoms with E-state index in [1.54, 1.807) is 33.8 Å². The molecule has 27 nitrogen and oxygen atoms in total. The largest absolute Gasteiger partial charge is 0.479 e. The van der Waals surface area contributed by atoms with E-state index in [4.69, 9.17) is 52.1 Å². The molecule has 0 aromatic heterocycles. The maximum absolute atomic E-state index is 13.5. The van der Waals surface area contributed by atoms with Gasteiger partial charge in [0.2, 0.25) is 0 Å². The van der Waals surface area contributed by atoms with Crippen LogP contribution in [0.5, 0.6) is 0 Å². The Morgan fingerprint density at radius 1 is 0.609 bits per heavy atom. The van der Waals surface area contributed by atoms with E-state index in [0.717, 1.165) is 5.57 Å². The number of carbonyl (C=O) groups excluding carboxylic acids is 3. The summed E-state index contributed by atoms with van der Waals surface area (Å²) in [4.78, 5) is 53.0. The SMILES string of the molecule is C/C=C(/C)C(=O)O[C@H]1[C@H](OC(=O)/C(C)=C/C)[C@@H](C)OC(O[C@H]2[C@H](OC(C)=O)[C@@]3(CO)C(CC2(C)C)C2=CCC4[C@@]5(C)CC[C@H](O[C@@H]6O[C@H](C(=O)O)[C@@H](O)[C@H](O[C@@H]7O[C@@H](CO)[C@H](O)[C@H]7O)[C@H]6O[C@H]6O[C@H](O)[C@@H](O)[C@@H](O)[C@H]6CO)C(C)(C)C5CC[C@@]4(C)[C@]2(C)C[C@H]3O)[C@H]1O. The topological polar surface area (TPSA) is 413 Å². The van der Waals surface area contributed by atoms with Crippen molar-refractivity contribution in [2.45, 2.75) is 270 Å². The lowest BCUT2D eigenvalue weighted by Gasteiger charge is -2.72. The summed E-state index contributed by atoms with van der Waals surface area (Å²) in [5.74, 6) is -6.09. The average Bonchev–Trinajstić information content (AvgIpc) is 0.723. The highest BCUT2D eigenvalue weighted by Crippen LogP contribution is 2.76. The van der Waals surface area contributed by atoms with E-state index < -0.39 is 223 Å². The molecule has 522 valence electrons. The number of carboxylic acids is 1. The molecule has 27 heteroatoms. The minimum atomic E-state index is -2.13. The van der Waals surface area contributed by atoms with E-state index in [0.29, 0.717) is 32.1 Å². The average molecular weight is 1310 g/mol. The van der Waals surface area contributed by atoms with Crippen LogP contribution in [0.4, 0.5) is 0 Å². The molecule has 5 aliphatic carbocycles. The van der Waals surface area contributed by atoms with Gasteiger partial charge in [0, 0.05) is 18.1 Å². The number of carbonyl (C=O) groups is 4. The fraction of sp³-hybridized carbons (Fsp3) is 0.846. The van der Waals surface area contributed by atoms with Gasteiger partial charge in [-0.2, -0.15) is 0 Å². The molecule has 0 spiro atoms. The van der Waals surface area contributed by atoms with E-state index in [-0.39, 0.29) is 35.8 Å². The van der Waals surface area contributed by atoms with Gasteiger partial charge in [0.15, 0.2) is 49.8 Å². The van der Waals surface area contributed by atoms with Crippen LogP contribution in [0.1, 0.15) is 135 Å². The van der Waals surface area contributed by atoms with Gasteiger partial charge in [0.05, 0.1) is 55.6 Å². The summed E-state index contributed by atoms with van der Waals surface area (Å²) in [6, 6.07) is 0. The minimum absolute atomic E-state index is 0.0431. The second-order valence-electron chi connectivity index (χ2n) is 29.4. The number of aliphatic hydroxyl groups is 11. The van der Waals surface area contributed by atoms with Crippen LogP contribution in [0.2, 0.25) is 0 Å². The van der Waals surface area contributed by atoms with Crippen LogP contribution in [0.3, 0.4) is 0 Å². The third-order valence-corrected chi connectivity index (χ3v) is 23.7. The van der Waals surface area contributed by atoms with Crippen LogP contribution in [-0.4, -0.2) is 240 Å². The van der Waals surface area contributed by atoms with Gasteiger partial charge in [-0.25, -0.2) is 14.4 Å². The normalized spacial score (nSPS) is 48.4. The monoisotopic (exact) mass is 1310 g/mol. The third kappa shape index (κ3) is 12.2. The lowest BCUT2D eigenvalue weighted by atomic mass is 9.33. The molecule has 8 fully saturated rings. The van der Waals surface area contributed by atoms with E-state index in [1.807, 2.05) is 27.7 Å². The van der Waals surface area contributed by atoms with Crippen LogP contribution >= 0.6 is 0 Å². The van der Waals surface area contributed by atoms with E-state index in [2.05, 4.69) is 26.8 Å². The third-order valence-electron chi connectivity index (χ3n) is 23.7. The molecule has 4 heterocycles.